The lowest BCUT2D eigenvalue weighted by atomic mass is 9.86. The SMILES string of the molecule is CCCCCC(=O)Oc1ccc(C(CC(C)OC(=O)C(C)(C)CC)[C@H](N)C(=O)O)cc1OC(=O)CCCCC. The first-order valence-electron chi connectivity index (χ1n) is 14.1. The molecule has 220 valence electrons. The predicted molar refractivity (Wildman–Crippen MR) is 149 cm³/mol. The molecule has 0 aliphatic carbocycles. The summed E-state index contributed by atoms with van der Waals surface area (Å²) in [7, 11) is 0. The number of aliphatic carboxylic acids is 1. The zero-order chi connectivity index (χ0) is 29.6. The molecule has 3 atom stereocenters. The van der Waals surface area contributed by atoms with Crippen LogP contribution >= 0.6 is 0 Å². The summed E-state index contributed by atoms with van der Waals surface area (Å²) in [5, 5.41) is 9.70. The second-order valence-electron chi connectivity index (χ2n) is 10.7. The predicted octanol–water partition coefficient (Wildman–Crippen LogP) is 5.91. The third-order valence-corrected chi connectivity index (χ3v) is 6.86. The van der Waals surface area contributed by atoms with E-state index in [1.807, 2.05) is 20.8 Å². The van der Waals surface area contributed by atoms with Crippen LogP contribution in [-0.2, 0) is 23.9 Å². The van der Waals surface area contributed by atoms with Crippen molar-refractivity contribution in [2.45, 2.75) is 124 Å². The van der Waals surface area contributed by atoms with E-state index in [1.54, 1.807) is 26.8 Å². The first-order chi connectivity index (χ1) is 18.4. The Balaban J connectivity index is 3.30. The highest BCUT2D eigenvalue weighted by Gasteiger charge is 2.33. The van der Waals surface area contributed by atoms with Gasteiger partial charge in [0.15, 0.2) is 11.5 Å². The number of hydrogen-bond donors (Lipinski definition) is 2. The van der Waals surface area contributed by atoms with Gasteiger partial charge in [0.25, 0.3) is 0 Å². The lowest BCUT2D eigenvalue weighted by Crippen LogP contribution is -2.39. The number of carbonyl (C=O) groups is 4. The molecule has 0 fully saturated rings. The average molecular weight is 550 g/mol. The number of ether oxygens (including phenoxy) is 3. The van der Waals surface area contributed by atoms with E-state index in [9.17, 15) is 24.3 Å². The van der Waals surface area contributed by atoms with Gasteiger partial charge in [0.2, 0.25) is 0 Å². The molecule has 0 bridgehead atoms. The minimum Gasteiger partial charge on any atom is -0.480 e. The third-order valence-electron chi connectivity index (χ3n) is 6.86. The number of nitrogens with two attached hydrogens (primary N) is 1. The van der Waals surface area contributed by atoms with Crippen molar-refractivity contribution in [2.24, 2.45) is 11.1 Å². The second kappa shape index (κ2) is 16.9. The smallest absolute Gasteiger partial charge is 0.321 e. The first kappa shape index (κ1) is 34.1. The number of hydrogen-bond acceptors (Lipinski definition) is 8. The Bertz CT molecular complexity index is 958. The van der Waals surface area contributed by atoms with Crippen molar-refractivity contribution < 1.29 is 38.5 Å². The van der Waals surface area contributed by atoms with Crippen LogP contribution in [0.1, 0.15) is 117 Å². The standard InChI is InChI=1S/C30H47NO8/c1-7-10-12-14-25(32)38-23-17-16-21(19-24(23)39-26(33)15-13-11-8-2)22(27(31)28(34)35)18-20(4)37-29(36)30(5,6)9-3/h16-17,19-20,22,27H,7-15,18,31H2,1-6H3,(H,34,35)/t20?,22?,27-/m0/s1. The molecule has 0 aromatic heterocycles. The van der Waals surface area contributed by atoms with Gasteiger partial charge in [-0.15, -0.1) is 0 Å². The topological polar surface area (TPSA) is 142 Å². The molecule has 1 rings (SSSR count). The normalized spacial score (nSPS) is 13.7. The van der Waals surface area contributed by atoms with Crippen molar-refractivity contribution >= 4 is 23.9 Å². The van der Waals surface area contributed by atoms with Crippen LogP contribution in [0.25, 0.3) is 0 Å². The van der Waals surface area contributed by atoms with Crippen molar-refractivity contribution in [3.05, 3.63) is 23.8 Å². The molecule has 9 nitrogen and oxygen atoms in total. The van der Waals surface area contributed by atoms with Crippen molar-refractivity contribution in [3.63, 3.8) is 0 Å². The van der Waals surface area contributed by atoms with Gasteiger partial charge in [-0.25, -0.2) is 0 Å². The van der Waals surface area contributed by atoms with E-state index >= 15 is 0 Å². The van der Waals surface area contributed by atoms with E-state index in [0.29, 0.717) is 24.8 Å². The van der Waals surface area contributed by atoms with E-state index < -0.39 is 41.4 Å². The van der Waals surface area contributed by atoms with Gasteiger partial charge >= 0.3 is 23.9 Å². The van der Waals surface area contributed by atoms with Crippen LogP contribution in [0.5, 0.6) is 11.5 Å². The maximum atomic E-state index is 12.6. The molecule has 1 aromatic rings. The fourth-order valence-electron chi connectivity index (χ4n) is 3.86. The summed E-state index contributed by atoms with van der Waals surface area (Å²) in [5.41, 5.74) is 5.85. The summed E-state index contributed by atoms with van der Waals surface area (Å²) in [6, 6.07) is 3.26. The molecule has 1 aromatic carbocycles. The van der Waals surface area contributed by atoms with Gasteiger partial charge in [0.05, 0.1) is 11.5 Å². The van der Waals surface area contributed by atoms with Crippen LogP contribution in [0.2, 0.25) is 0 Å². The van der Waals surface area contributed by atoms with Gasteiger partial charge in [-0.05, 0) is 64.2 Å². The van der Waals surface area contributed by atoms with Gasteiger partial charge in [0.1, 0.15) is 6.04 Å². The molecule has 0 amide bonds. The molecular weight excluding hydrogens is 502 g/mol. The van der Waals surface area contributed by atoms with Crippen LogP contribution in [0, 0.1) is 5.41 Å². The number of esters is 3. The number of benzene rings is 1. The zero-order valence-electron chi connectivity index (χ0n) is 24.4. The Morgan fingerprint density at radius 2 is 1.44 bits per heavy atom. The molecule has 2 unspecified atom stereocenters. The molecule has 39 heavy (non-hydrogen) atoms. The first-order valence-corrected chi connectivity index (χ1v) is 14.1. The molecule has 0 heterocycles. The Hall–Kier alpha value is -2.94. The maximum absolute atomic E-state index is 12.6. The van der Waals surface area contributed by atoms with Crippen LogP contribution in [0.15, 0.2) is 18.2 Å². The fraction of sp³-hybridized carbons (Fsp3) is 0.667. The molecule has 9 heteroatoms. The van der Waals surface area contributed by atoms with E-state index in [1.165, 1.54) is 12.1 Å². The highest BCUT2D eigenvalue weighted by atomic mass is 16.6. The summed E-state index contributed by atoms with van der Waals surface area (Å²) in [6.07, 6.45) is 5.49. The number of unbranched alkanes of at least 4 members (excludes halogenated alkanes) is 4. The molecule has 0 saturated carbocycles. The number of rotatable bonds is 18. The molecule has 3 N–H and O–H groups in total. The van der Waals surface area contributed by atoms with Crippen molar-refractivity contribution in [2.75, 3.05) is 0 Å². The highest BCUT2D eigenvalue weighted by Crippen LogP contribution is 2.35. The number of carboxylic acids is 1. The average Bonchev–Trinajstić information content (AvgIpc) is 2.88. The Morgan fingerprint density at radius 1 is 0.897 bits per heavy atom. The molecular formula is C30H47NO8. The maximum Gasteiger partial charge on any atom is 0.321 e. The summed E-state index contributed by atoms with van der Waals surface area (Å²) in [5.74, 6) is -3.21. The van der Waals surface area contributed by atoms with Gasteiger partial charge < -0.3 is 25.1 Å². The lowest BCUT2D eigenvalue weighted by molar-refractivity contribution is -0.159. The molecule has 0 saturated heterocycles. The summed E-state index contributed by atoms with van der Waals surface area (Å²) in [6.45, 7) is 11.2. The Kier molecular flexibility index (Phi) is 14.8. The Labute approximate surface area is 232 Å². The summed E-state index contributed by atoms with van der Waals surface area (Å²) in [4.78, 5) is 49.4. The minimum absolute atomic E-state index is 0.0252. The molecule has 0 radical (unpaired) electrons. The van der Waals surface area contributed by atoms with Crippen LogP contribution in [-0.4, -0.2) is 41.1 Å². The fourth-order valence-corrected chi connectivity index (χ4v) is 3.86. The third kappa shape index (κ3) is 11.8. The van der Waals surface area contributed by atoms with E-state index in [4.69, 9.17) is 19.9 Å². The van der Waals surface area contributed by atoms with Crippen molar-refractivity contribution in [1.29, 1.82) is 0 Å². The second-order valence-corrected chi connectivity index (χ2v) is 10.7. The van der Waals surface area contributed by atoms with E-state index in [0.717, 1.165) is 25.7 Å². The molecule has 0 aliphatic heterocycles. The van der Waals surface area contributed by atoms with E-state index in [2.05, 4.69) is 0 Å². The largest absolute Gasteiger partial charge is 0.480 e. The van der Waals surface area contributed by atoms with Gasteiger partial charge in [-0.1, -0.05) is 52.5 Å². The Morgan fingerprint density at radius 3 is 1.92 bits per heavy atom. The molecule has 0 aliphatic rings. The molecule has 0 spiro atoms. The minimum atomic E-state index is -1.32. The highest BCUT2D eigenvalue weighted by molar-refractivity contribution is 5.78. The number of carbonyl (C=O) groups excluding carboxylic acids is 3. The quantitative estimate of drug-likeness (QED) is 0.130. The van der Waals surface area contributed by atoms with Gasteiger partial charge in [0, 0.05) is 18.8 Å². The van der Waals surface area contributed by atoms with Crippen LogP contribution < -0.4 is 15.2 Å². The lowest BCUT2D eigenvalue weighted by Gasteiger charge is -2.28. The number of carboxylic acid groups (broad SMARTS) is 1. The van der Waals surface area contributed by atoms with Crippen LogP contribution in [0.4, 0.5) is 0 Å². The summed E-state index contributed by atoms with van der Waals surface area (Å²) >= 11 is 0. The van der Waals surface area contributed by atoms with E-state index in [-0.39, 0.29) is 36.7 Å². The summed E-state index contributed by atoms with van der Waals surface area (Å²) < 4.78 is 16.7. The van der Waals surface area contributed by atoms with Gasteiger partial charge in [-0.2, -0.15) is 0 Å². The van der Waals surface area contributed by atoms with Crippen LogP contribution in [0.3, 0.4) is 0 Å². The van der Waals surface area contributed by atoms with Gasteiger partial charge in [-0.3, -0.25) is 19.2 Å². The monoisotopic (exact) mass is 549 g/mol. The van der Waals surface area contributed by atoms with Crippen molar-refractivity contribution in [3.8, 4) is 11.5 Å². The zero-order valence-corrected chi connectivity index (χ0v) is 24.4. The van der Waals surface area contributed by atoms with Crippen molar-refractivity contribution in [1.82, 2.24) is 0 Å².